The first-order valence-electron chi connectivity index (χ1n) is 6.76. The minimum absolute atomic E-state index is 0.0339. The Morgan fingerprint density at radius 1 is 1.29 bits per heavy atom. The number of rotatable bonds is 2. The Morgan fingerprint density at radius 2 is 2.00 bits per heavy atom. The molecule has 2 atom stereocenters. The lowest BCUT2D eigenvalue weighted by atomic mass is 9.93. The second-order valence-corrected chi connectivity index (χ2v) is 5.43. The Kier molecular flexibility index (Phi) is 4.40. The molecular formula is C13H24N2O2. The van der Waals surface area contributed by atoms with E-state index in [2.05, 4.69) is 12.2 Å². The topological polar surface area (TPSA) is 41.6 Å². The molecule has 0 spiro atoms. The molecule has 0 aromatic rings. The monoisotopic (exact) mass is 240 g/mol. The minimum Gasteiger partial charge on any atom is -0.381 e. The van der Waals surface area contributed by atoms with E-state index >= 15 is 0 Å². The van der Waals surface area contributed by atoms with E-state index in [0.717, 1.165) is 39.0 Å². The van der Waals surface area contributed by atoms with E-state index in [0.29, 0.717) is 12.0 Å². The minimum atomic E-state index is 0.0339. The summed E-state index contributed by atoms with van der Waals surface area (Å²) >= 11 is 0. The molecule has 2 aliphatic heterocycles. The van der Waals surface area contributed by atoms with Gasteiger partial charge in [-0.15, -0.1) is 0 Å². The summed E-state index contributed by atoms with van der Waals surface area (Å²) in [7, 11) is 1.94. The molecule has 2 rings (SSSR count). The molecule has 2 aliphatic rings. The van der Waals surface area contributed by atoms with Gasteiger partial charge in [-0.3, -0.25) is 4.79 Å². The average molecular weight is 240 g/mol. The van der Waals surface area contributed by atoms with E-state index in [1.165, 1.54) is 6.42 Å². The number of amides is 1. The van der Waals surface area contributed by atoms with Gasteiger partial charge in [-0.1, -0.05) is 6.92 Å². The van der Waals surface area contributed by atoms with Crippen molar-refractivity contribution in [2.45, 2.75) is 44.7 Å². The summed E-state index contributed by atoms with van der Waals surface area (Å²) in [5, 5.41) is 3.35. The molecule has 2 fully saturated rings. The molecule has 2 unspecified atom stereocenters. The quantitative estimate of drug-likeness (QED) is 0.783. The van der Waals surface area contributed by atoms with Gasteiger partial charge in [0.25, 0.3) is 0 Å². The standard InChI is InChI=1S/C13H24N2O2/c1-10-3-6-14-12(9-10)13(16)15(2)11-4-7-17-8-5-11/h10-12,14H,3-9H2,1-2H3. The third-order valence-electron chi connectivity index (χ3n) is 4.05. The molecule has 4 heteroatoms. The highest BCUT2D eigenvalue weighted by Crippen LogP contribution is 2.19. The van der Waals surface area contributed by atoms with Crippen LogP contribution in [0.5, 0.6) is 0 Å². The molecule has 0 aromatic heterocycles. The molecule has 0 aliphatic carbocycles. The van der Waals surface area contributed by atoms with E-state index in [1.54, 1.807) is 0 Å². The zero-order chi connectivity index (χ0) is 12.3. The van der Waals surface area contributed by atoms with Crippen LogP contribution in [-0.2, 0) is 9.53 Å². The van der Waals surface area contributed by atoms with Gasteiger partial charge >= 0.3 is 0 Å². The Bertz CT molecular complexity index is 264. The lowest BCUT2D eigenvalue weighted by Gasteiger charge is -2.36. The number of likely N-dealkylation sites (N-methyl/N-ethyl adjacent to an activating group) is 1. The third-order valence-corrected chi connectivity index (χ3v) is 4.05. The average Bonchev–Trinajstić information content (AvgIpc) is 2.38. The van der Waals surface area contributed by atoms with Crippen LogP contribution in [0, 0.1) is 5.92 Å². The molecule has 1 amide bonds. The normalized spacial score (nSPS) is 31.2. The van der Waals surface area contributed by atoms with E-state index in [9.17, 15) is 4.79 Å². The SMILES string of the molecule is CC1CCNC(C(=O)N(C)C2CCOCC2)C1. The van der Waals surface area contributed by atoms with Gasteiger partial charge in [0, 0.05) is 26.3 Å². The first-order valence-corrected chi connectivity index (χ1v) is 6.76. The van der Waals surface area contributed by atoms with Gasteiger partial charge in [-0.2, -0.15) is 0 Å². The molecule has 0 bridgehead atoms. The number of carbonyl (C=O) groups is 1. The zero-order valence-corrected chi connectivity index (χ0v) is 10.9. The van der Waals surface area contributed by atoms with Gasteiger partial charge in [-0.05, 0) is 38.1 Å². The predicted molar refractivity (Wildman–Crippen MR) is 66.8 cm³/mol. The van der Waals surface area contributed by atoms with Crippen molar-refractivity contribution in [2.75, 3.05) is 26.8 Å². The summed E-state index contributed by atoms with van der Waals surface area (Å²) in [6.45, 7) is 4.78. The molecule has 0 aromatic carbocycles. The van der Waals surface area contributed by atoms with Crippen molar-refractivity contribution >= 4 is 5.91 Å². The van der Waals surface area contributed by atoms with Crippen LogP contribution in [0.2, 0.25) is 0 Å². The maximum absolute atomic E-state index is 12.4. The van der Waals surface area contributed by atoms with E-state index in [4.69, 9.17) is 4.74 Å². The lowest BCUT2D eigenvalue weighted by molar-refractivity contribution is -0.136. The smallest absolute Gasteiger partial charge is 0.239 e. The van der Waals surface area contributed by atoms with Crippen molar-refractivity contribution < 1.29 is 9.53 Å². The first-order chi connectivity index (χ1) is 8.18. The summed E-state index contributed by atoms with van der Waals surface area (Å²) in [5.41, 5.74) is 0. The van der Waals surface area contributed by atoms with Gasteiger partial charge in [-0.25, -0.2) is 0 Å². The van der Waals surface area contributed by atoms with Crippen LogP contribution < -0.4 is 5.32 Å². The number of hydrogen-bond donors (Lipinski definition) is 1. The largest absolute Gasteiger partial charge is 0.381 e. The molecule has 2 saturated heterocycles. The fourth-order valence-electron chi connectivity index (χ4n) is 2.79. The van der Waals surface area contributed by atoms with Crippen molar-refractivity contribution in [1.29, 1.82) is 0 Å². The van der Waals surface area contributed by atoms with Crippen LogP contribution in [0.15, 0.2) is 0 Å². The molecule has 98 valence electrons. The number of carbonyl (C=O) groups excluding carboxylic acids is 1. The maximum atomic E-state index is 12.4. The summed E-state index contributed by atoms with van der Waals surface area (Å²) in [6.07, 6.45) is 4.12. The fourth-order valence-corrected chi connectivity index (χ4v) is 2.79. The van der Waals surface area contributed by atoms with Crippen LogP contribution in [0.25, 0.3) is 0 Å². The van der Waals surface area contributed by atoms with Gasteiger partial charge in [0.05, 0.1) is 6.04 Å². The molecule has 0 saturated carbocycles. The third kappa shape index (κ3) is 3.19. The van der Waals surface area contributed by atoms with E-state index in [1.807, 2.05) is 11.9 Å². The summed E-state index contributed by atoms with van der Waals surface area (Å²) in [5.74, 6) is 0.928. The van der Waals surface area contributed by atoms with E-state index < -0.39 is 0 Å². The number of piperidine rings is 1. The van der Waals surface area contributed by atoms with Gasteiger partial charge in [0.2, 0.25) is 5.91 Å². The van der Waals surface area contributed by atoms with Crippen LogP contribution in [0.1, 0.15) is 32.6 Å². The highest BCUT2D eigenvalue weighted by atomic mass is 16.5. The highest BCUT2D eigenvalue weighted by Gasteiger charge is 2.30. The van der Waals surface area contributed by atoms with Crippen molar-refractivity contribution in [2.24, 2.45) is 5.92 Å². The van der Waals surface area contributed by atoms with Gasteiger partial charge in [0.1, 0.15) is 0 Å². The van der Waals surface area contributed by atoms with Crippen molar-refractivity contribution in [3.05, 3.63) is 0 Å². The second kappa shape index (κ2) is 5.83. The number of hydrogen-bond acceptors (Lipinski definition) is 3. The van der Waals surface area contributed by atoms with Gasteiger partial charge in [0.15, 0.2) is 0 Å². The van der Waals surface area contributed by atoms with Crippen LogP contribution in [-0.4, -0.2) is 49.7 Å². The number of nitrogens with one attached hydrogen (secondary N) is 1. The molecule has 17 heavy (non-hydrogen) atoms. The second-order valence-electron chi connectivity index (χ2n) is 5.43. The van der Waals surface area contributed by atoms with Crippen LogP contribution >= 0.6 is 0 Å². The number of nitrogens with zero attached hydrogens (tertiary/aromatic N) is 1. The lowest BCUT2D eigenvalue weighted by Crippen LogP contribution is -2.52. The summed E-state index contributed by atoms with van der Waals surface area (Å²) in [6, 6.07) is 0.405. The van der Waals surface area contributed by atoms with Crippen LogP contribution in [0.3, 0.4) is 0 Å². The molecular weight excluding hydrogens is 216 g/mol. The Morgan fingerprint density at radius 3 is 2.65 bits per heavy atom. The molecule has 0 radical (unpaired) electrons. The zero-order valence-electron chi connectivity index (χ0n) is 10.9. The fraction of sp³-hybridized carbons (Fsp3) is 0.923. The van der Waals surface area contributed by atoms with Crippen molar-refractivity contribution in [3.63, 3.8) is 0 Å². The molecule has 4 nitrogen and oxygen atoms in total. The Hall–Kier alpha value is -0.610. The maximum Gasteiger partial charge on any atom is 0.239 e. The summed E-state index contributed by atoms with van der Waals surface area (Å²) in [4.78, 5) is 14.3. The predicted octanol–water partition coefficient (Wildman–Crippen LogP) is 1.01. The number of ether oxygens (including phenoxy) is 1. The molecule has 2 heterocycles. The Labute approximate surface area is 104 Å². The van der Waals surface area contributed by atoms with Gasteiger partial charge < -0.3 is 15.0 Å². The van der Waals surface area contributed by atoms with Crippen molar-refractivity contribution in [1.82, 2.24) is 10.2 Å². The molecule has 1 N–H and O–H groups in total. The van der Waals surface area contributed by atoms with Crippen LogP contribution in [0.4, 0.5) is 0 Å². The van der Waals surface area contributed by atoms with E-state index in [-0.39, 0.29) is 11.9 Å². The Balaban J connectivity index is 1.89. The first kappa shape index (κ1) is 12.8. The summed E-state index contributed by atoms with van der Waals surface area (Å²) < 4.78 is 5.34. The highest BCUT2D eigenvalue weighted by molar-refractivity contribution is 5.82. The van der Waals surface area contributed by atoms with Crippen molar-refractivity contribution in [3.8, 4) is 0 Å².